The maximum Gasteiger partial charge on any atom is 0.262 e. The van der Waals surface area contributed by atoms with Crippen molar-refractivity contribution >= 4 is 34.2 Å². The van der Waals surface area contributed by atoms with Gasteiger partial charge in [-0.15, -0.1) is 0 Å². The van der Waals surface area contributed by atoms with Gasteiger partial charge in [0.15, 0.2) is 6.61 Å². The molecule has 4 nitrogen and oxygen atoms in total. The van der Waals surface area contributed by atoms with Crippen LogP contribution in [0.15, 0.2) is 48.5 Å². The molecule has 0 aliphatic heterocycles. The molecule has 2 aromatic rings. The van der Waals surface area contributed by atoms with Gasteiger partial charge in [-0.25, -0.2) is 0 Å². The van der Waals surface area contributed by atoms with Crippen LogP contribution in [-0.4, -0.2) is 19.1 Å². The van der Waals surface area contributed by atoms with Crippen molar-refractivity contribution in [3.8, 4) is 11.5 Å². The van der Waals surface area contributed by atoms with Gasteiger partial charge in [0.2, 0.25) is 0 Å². The summed E-state index contributed by atoms with van der Waals surface area (Å²) in [4.78, 5) is 11.8. The second-order valence-corrected chi connectivity index (χ2v) is 5.50. The highest BCUT2D eigenvalue weighted by atomic mass is 127. The van der Waals surface area contributed by atoms with E-state index in [-0.39, 0.29) is 12.5 Å². The standard InChI is InChI=1S/C16H16INO3/c1-2-20-14-8-6-13(7-9-14)18-16(19)11-21-15-5-3-4-12(17)10-15/h3-10H,2,11H2,1H3,(H,18,19). The summed E-state index contributed by atoms with van der Waals surface area (Å²) in [5.41, 5.74) is 0.717. The summed E-state index contributed by atoms with van der Waals surface area (Å²) in [7, 11) is 0. The van der Waals surface area contributed by atoms with Crippen molar-refractivity contribution in [1.29, 1.82) is 0 Å². The highest BCUT2D eigenvalue weighted by Gasteiger charge is 2.04. The first-order chi connectivity index (χ1) is 10.2. The summed E-state index contributed by atoms with van der Waals surface area (Å²) in [6.07, 6.45) is 0. The lowest BCUT2D eigenvalue weighted by atomic mass is 10.3. The molecule has 21 heavy (non-hydrogen) atoms. The minimum atomic E-state index is -0.196. The Bertz CT molecular complexity index is 599. The lowest BCUT2D eigenvalue weighted by Crippen LogP contribution is -2.20. The van der Waals surface area contributed by atoms with Gasteiger partial charge in [-0.3, -0.25) is 4.79 Å². The number of carbonyl (C=O) groups is 1. The third-order valence-electron chi connectivity index (χ3n) is 2.62. The Hall–Kier alpha value is -1.76. The van der Waals surface area contributed by atoms with E-state index in [9.17, 15) is 4.79 Å². The van der Waals surface area contributed by atoms with Crippen LogP contribution in [0.2, 0.25) is 0 Å². The number of hydrogen-bond acceptors (Lipinski definition) is 3. The molecule has 0 atom stereocenters. The molecule has 1 N–H and O–H groups in total. The molecule has 0 spiro atoms. The second kappa shape index (κ2) is 7.87. The van der Waals surface area contributed by atoms with Crippen molar-refractivity contribution in [2.45, 2.75) is 6.92 Å². The summed E-state index contributed by atoms with van der Waals surface area (Å²) >= 11 is 2.20. The molecule has 0 aromatic heterocycles. The van der Waals surface area contributed by atoms with Crippen molar-refractivity contribution in [3.05, 3.63) is 52.1 Å². The minimum Gasteiger partial charge on any atom is -0.494 e. The Balaban J connectivity index is 1.84. The normalized spacial score (nSPS) is 10.0. The number of amides is 1. The number of carbonyl (C=O) groups excluding carboxylic acids is 1. The number of benzene rings is 2. The highest BCUT2D eigenvalue weighted by molar-refractivity contribution is 14.1. The van der Waals surface area contributed by atoms with Crippen molar-refractivity contribution in [1.82, 2.24) is 0 Å². The van der Waals surface area contributed by atoms with E-state index in [1.165, 1.54) is 0 Å². The summed E-state index contributed by atoms with van der Waals surface area (Å²) in [6.45, 7) is 2.53. The van der Waals surface area contributed by atoms with E-state index in [2.05, 4.69) is 27.9 Å². The fourth-order valence-electron chi connectivity index (χ4n) is 1.70. The van der Waals surface area contributed by atoms with Gasteiger partial charge < -0.3 is 14.8 Å². The first-order valence-corrected chi connectivity index (χ1v) is 7.66. The van der Waals surface area contributed by atoms with Crippen LogP contribution in [0, 0.1) is 3.57 Å². The molecule has 1 amide bonds. The Labute approximate surface area is 137 Å². The number of anilines is 1. The second-order valence-electron chi connectivity index (χ2n) is 4.25. The molecule has 0 fully saturated rings. The lowest BCUT2D eigenvalue weighted by Gasteiger charge is -2.08. The quantitative estimate of drug-likeness (QED) is 0.757. The fraction of sp³-hybridized carbons (Fsp3) is 0.188. The third kappa shape index (κ3) is 5.26. The summed E-state index contributed by atoms with van der Waals surface area (Å²) in [6, 6.07) is 14.8. The Morgan fingerprint density at radius 3 is 2.52 bits per heavy atom. The predicted molar refractivity (Wildman–Crippen MR) is 90.9 cm³/mol. The zero-order valence-electron chi connectivity index (χ0n) is 11.6. The lowest BCUT2D eigenvalue weighted by molar-refractivity contribution is -0.118. The topological polar surface area (TPSA) is 47.6 Å². The molecular weight excluding hydrogens is 381 g/mol. The third-order valence-corrected chi connectivity index (χ3v) is 3.29. The Morgan fingerprint density at radius 1 is 1.10 bits per heavy atom. The molecule has 0 aliphatic rings. The zero-order chi connectivity index (χ0) is 15.1. The van der Waals surface area contributed by atoms with Crippen molar-refractivity contribution in [2.24, 2.45) is 0 Å². The smallest absolute Gasteiger partial charge is 0.262 e. The maximum atomic E-state index is 11.8. The SMILES string of the molecule is CCOc1ccc(NC(=O)COc2cccc(I)c2)cc1. The number of hydrogen-bond donors (Lipinski definition) is 1. The van der Waals surface area contributed by atoms with Crippen LogP contribution in [0.4, 0.5) is 5.69 Å². The average molecular weight is 397 g/mol. The molecule has 0 unspecified atom stereocenters. The fourth-order valence-corrected chi connectivity index (χ4v) is 2.22. The highest BCUT2D eigenvalue weighted by Crippen LogP contribution is 2.16. The van der Waals surface area contributed by atoms with Crippen LogP contribution in [-0.2, 0) is 4.79 Å². The van der Waals surface area contributed by atoms with Gasteiger partial charge in [0, 0.05) is 9.26 Å². The molecule has 0 aliphatic carbocycles. The van der Waals surface area contributed by atoms with E-state index in [0.717, 1.165) is 15.0 Å². The molecule has 0 bridgehead atoms. The van der Waals surface area contributed by atoms with E-state index in [1.807, 2.05) is 43.3 Å². The van der Waals surface area contributed by atoms with Crippen LogP contribution < -0.4 is 14.8 Å². The number of halogens is 1. The average Bonchev–Trinajstić information content (AvgIpc) is 2.48. The minimum absolute atomic E-state index is 0.0205. The van der Waals surface area contributed by atoms with Gasteiger partial charge in [-0.1, -0.05) is 6.07 Å². The van der Waals surface area contributed by atoms with Crippen molar-refractivity contribution in [3.63, 3.8) is 0 Å². The molecular formula is C16H16INO3. The van der Waals surface area contributed by atoms with Crippen molar-refractivity contribution in [2.75, 3.05) is 18.5 Å². The number of rotatable bonds is 6. The summed E-state index contributed by atoms with van der Waals surface area (Å²) < 4.78 is 11.9. The number of nitrogens with one attached hydrogen (secondary N) is 1. The van der Waals surface area contributed by atoms with Gasteiger partial charge in [0.05, 0.1) is 6.61 Å². The van der Waals surface area contributed by atoms with E-state index in [4.69, 9.17) is 9.47 Å². The molecule has 2 rings (SSSR count). The van der Waals surface area contributed by atoms with E-state index < -0.39 is 0 Å². The molecule has 0 saturated heterocycles. The van der Waals surface area contributed by atoms with E-state index in [1.54, 1.807) is 12.1 Å². The monoisotopic (exact) mass is 397 g/mol. The Kier molecular flexibility index (Phi) is 5.86. The van der Waals surface area contributed by atoms with Gasteiger partial charge in [0.25, 0.3) is 5.91 Å². The summed E-state index contributed by atoms with van der Waals surface area (Å²) in [5.74, 6) is 1.27. The molecule has 5 heteroatoms. The molecule has 2 aromatic carbocycles. The van der Waals surface area contributed by atoms with Crippen LogP contribution in [0.5, 0.6) is 11.5 Å². The summed E-state index contributed by atoms with van der Waals surface area (Å²) in [5, 5.41) is 2.77. The maximum absolute atomic E-state index is 11.8. The van der Waals surface area contributed by atoms with Gasteiger partial charge >= 0.3 is 0 Å². The molecule has 0 heterocycles. The van der Waals surface area contributed by atoms with Gasteiger partial charge in [-0.2, -0.15) is 0 Å². The Morgan fingerprint density at radius 2 is 1.86 bits per heavy atom. The molecule has 0 saturated carbocycles. The van der Waals surface area contributed by atoms with Crippen LogP contribution in [0.3, 0.4) is 0 Å². The van der Waals surface area contributed by atoms with E-state index in [0.29, 0.717) is 12.4 Å². The number of ether oxygens (including phenoxy) is 2. The molecule has 0 radical (unpaired) electrons. The van der Waals surface area contributed by atoms with Crippen LogP contribution in [0.25, 0.3) is 0 Å². The largest absolute Gasteiger partial charge is 0.494 e. The van der Waals surface area contributed by atoms with Gasteiger partial charge in [-0.05, 0) is 72.0 Å². The van der Waals surface area contributed by atoms with Crippen LogP contribution >= 0.6 is 22.6 Å². The first kappa shape index (κ1) is 15.6. The van der Waals surface area contributed by atoms with Gasteiger partial charge in [0.1, 0.15) is 11.5 Å². The zero-order valence-corrected chi connectivity index (χ0v) is 13.8. The van der Waals surface area contributed by atoms with Crippen LogP contribution in [0.1, 0.15) is 6.92 Å². The van der Waals surface area contributed by atoms with E-state index >= 15 is 0 Å². The predicted octanol–water partition coefficient (Wildman–Crippen LogP) is 3.71. The van der Waals surface area contributed by atoms with Crippen molar-refractivity contribution < 1.29 is 14.3 Å². The molecule has 110 valence electrons. The first-order valence-electron chi connectivity index (χ1n) is 6.58.